The van der Waals surface area contributed by atoms with Gasteiger partial charge >= 0.3 is 6.03 Å². The zero-order chi connectivity index (χ0) is 24.2. The van der Waals surface area contributed by atoms with E-state index in [0.717, 1.165) is 12.0 Å². The molecule has 2 amide bonds. The molecule has 0 atom stereocenters. The molecule has 0 saturated heterocycles. The lowest BCUT2D eigenvalue weighted by atomic mass is 9.99. The minimum atomic E-state index is -0.400. The van der Waals surface area contributed by atoms with Crippen molar-refractivity contribution in [2.24, 2.45) is 5.92 Å². The topological polar surface area (TPSA) is 108 Å². The van der Waals surface area contributed by atoms with Crippen LogP contribution in [0.2, 0.25) is 5.02 Å². The Morgan fingerprint density at radius 1 is 1.24 bits per heavy atom. The van der Waals surface area contributed by atoms with E-state index in [4.69, 9.17) is 11.6 Å². The smallest absolute Gasteiger partial charge is 0.323 e. The molecule has 2 aromatic heterocycles. The van der Waals surface area contributed by atoms with E-state index in [1.165, 1.54) is 24.0 Å². The lowest BCUT2D eigenvalue weighted by Crippen LogP contribution is -2.40. The molecule has 176 valence electrons. The standard InChI is InChI=1S/C24H24ClN5O3S/c1-14(2)4-7-30-12-16-8-15(11-28-22(16)29-24(30)33)20(31)19-10-18(25)9-17(21(19)32)13-34-23-26-5-3-6-27-23/h3,5-6,8-11,14,32H,4,7,12-13H2,1-2H3,(H,28,29,33). The maximum Gasteiger partial charge on any atom is 0.323 e. The number of benzene rings is 1. The minimum absolute atomic E-state index is 0.0929. The molecule has 3 aromatic rings. The third-order valence-corrected chi connectivity index (χ3v) is 6.52. The molecule has 3 heterocycles. The fraction of sp³-hybridized carbons (Fsp3) is 0.292. The number of pyridine rings is 1. The molecule has 0 fully saturated rings. The summed E-state index contributed by atoms with van der Waals surface area (Å²) >= 11 is 7.60. The number of ketones is 1. The average Bonchev–Trinajstić information content (AvgIpc) is 2.83. The fourth-order valence-corrected chi connectivity index (χ4v) is 4.53. The van der Waals surface area contributed by atoms with Gasteiger partial charge in [-0.3, -0.25) is 10.1 Å². The van der Waals surface area contributed by atoms with Gasteiger partial charge < -0.3 is 10.0 Å². The first-order valence-corrected chi connectivity index (χ1v) is 12.2. The van der Waals surface area contributed by atoms with Gasteiger partial charge in [0.2, 0.25) is 0 Å². The number of carbonyl (C=O) groups is 2. The van der Waals surface area contributed by atoms with Crippen LogP contribution in [0, 0.1) is 5.92 Å². The van der Waals surface area contributed by atoms with Crippen LogP contribution < -0.4 is 5.32 Å². The highest BCUT2D eigenvalue weighted by Crippen LogP contribution is 2.33. The molecule has 2 N–H and O–H groups in total. The molecular formula is C24H24ClN5O3S. The Bertz CT molecular complexity index is 1220. The summed E-state index contributed by atoms with van der Waals surface area (Å²) in [6.45, 7) is 5.18. The van der Waals surface area contributed by atoms with E-state index in [9.17, 15) is 14.7 Å². The number of hydrogen-bond acceptors (Lipinski definition) is 7. The largest absolute Gasteiger partial charge is 0.507 e. The van der Waals surface area contributed by atoms with Gasteiger partial charge in [-0.25, -0.2) is 19.7 Å². The number of anilines is 1. The Kier molecular flexibility index (Phi) is 7.33. The number of nitrogens with zero attached hydrogens (tertiary/aromatic N) is 4. The number of hydrogen-bond donors (Lipinski definition) is 2. The molecule has 0 unspecified atom stereocenters. The van der Waals surface area contributed by atoms with Gasteiger partial charge in [-0.05, 0) is 36.6 Å². The van der Waals surface area contributed by atoms with Crippen molar-refractivity contribution in [1.29, 1.82) is 0 Å². The highest BCUT2D eigenvalue weighted by Gasteiger charge is 2.26. The number of fused-ring (bicyclic) bond motifs is 1. The van der Waals surface area contributed by atoms with Gasteiger partial charge in [0, 0.05) is 52.6 Å². The zero-order valence-electron chi connectivity index (χ0n) is 18.8. The van der Waals surface area contributed by atoms with Gasteiger partial charge in [0.25, 0.3) is 0 Å². The van der Waals surface area contributed by atoms with Crippen LogP contribution in [0.3, 0.4) is 0 Å². The molecule has 34 heavy (non-hydrogen) atoms. The summed E-state index contributed by atoms with van der Waals surface area (Å²) in [6.07, 6.45) is 5.55. The second-order valence-electron chi connectivity index (χ2n) is 8.38. The molecule has 8 nitrogen and oxygen atoms in total. The average molecular weight is 498 g/mol. The Hall–Kier alpha value is -3.17. The molecule has 0 radical (unpaired) electrons. The molecule has 1 aliphatic heterocycles. The normalized spacial score (nSPS) is 13.1. The number of nitrogens with one attached hydrogen (secondary N) is 1. The van der Waals surface area contributed by atoms with Crippen molar-refractivity contribution < 1.29 is 14.7 Å². The number of halogens is 1. The molecule has 4 rings (SSSR count). The van der Waals surface area contributed by atoms with Gasteiger partial charge in [0.15, 0.2) is 10.9 Å². The molecule has 1 aromatic carbocycles. The van der Waals surface area contributed by atoms with Crippen molar-refractivity contribution in [1.82, 2.24) is 19.9 Å². The SMILES string of the molecule is CC(C)CCN1Cc2cc(C(=O)c3cc(Cl)cc(CSc4ncccn4)c3O)cnc2NC1=O. The van der Waals surface area contributed by atoms with Crippen LogP contribution in [0.5, 0.6) is 5.75 Å². The summed E-state index contributed by atoms with van der Waals surface area (Å²) in [4.78, 5) is 39.9. The number of carbonyl (C=O) groups excluding carboxylic acids is 2. The van der Waals surface area contributed by atoms with Gasteiger partial charge in [-0.1, -0.05) is 37.2 Å². The maximum atomic E-state index is 13.3. The Morgan fingerprint density at radius 2 is 2.00 bits per heavy atom. The van der Waals surface area contributed by atoms with Gasteiger partial charge in [-0.15, -0.1) is 0 Å². The van der Waals surface area contributed by atoms with Crippen molar-refractivity contribution in [2.75, 3.05) is 11.9 Å². The van der Waals surface area contributed by atoms with Crippen LogP contribution in [-0.2, 0) is 12.3 Å². The molecule has 0 saturated carbocycles. The van der Waals surface area contributed by atoms with Crippen molar-refractivity contribution in [3.8, 4) is 5.75 Å². The minimum Gasteiger partial charge on any atom is -0.507 e. The first-order chi connectivity index (χ1) is 16.3. The number of aromatic hydroxyl groups is 1. The summed E-state index contributed by atoms with van der Waals surface area (Å²) in [5.41, 5.74) is 1.65. The number of urea groups is 1. The molecule has 0 bridgehead atoms. The van der Waals surface area contributed by atoms with Crippen molar-refractivity contribution in [3.63, 3.8) is 0 Å². The lowest BCUT2D eigenvalue weighted by Gasteiger charge is -2.29. The van der Waals surface area contributed by atoms with Crippen molar-refractivity contribution in [2.45, 2.75) is 37.7 Å². The quantitative estimate of drug-likeness (QED) is 0.252. The van der Waals surface area contributed by atoms with Crippen molar-refractivity contribution in [3.05, 3.63) is 70.1 Å². The van der Waals surface area contributed by atoms with Crippen LogP contribution in [0.15, 0.2) is 48.0 Å². The first kappa shape index (κ1) is 24.0. The predicted octanol–water partition coefficient (Wildman–Crippen LogP) is 5.15. The highest BCUT2D eigenvalue weighted by molar-refractivity contribution is 7.98. The summed E-state index contributed by atoms with van der Waals surface area (Å²) in [6, 6.07) is 6.30. The molecule has 1 aliphatic rings. The Labute approximate surface area is 206 Å². The number of aromatic nitrogens is 3. The van der Waals surface area contributed by atoms with Crippen LogP contribution in [0.1, 0.15) is 47.3 Å². The molecule has 0 spiro atoms. The second-order valence-corrected chi connectivity index (χ2v) is 9.76. The van der Waals surface area contributed by atoms with Gasteiger partial charge in [-0.2, -0.15) is 0 Å². The van der Waals surface area contributed by atoms with Gasteiger partial charge in [0.05, 0.1) is 12.1 Å². The van der Waals surface area contributed by atoms with Crippen molar-refractivity contribution >= 4 is 41.0 Å². The number of thioether (sulfide) groups is 1. The number of rotatable bonds is 8. The Morgan fingerprint density at radius 3 is 2.74 bits per heavy atom. The van der Waals surface area contributed by atoms with E-state index in [0.29, 0.717) is 51.9 Å². The molecular weight excluding hydrogens is 474 g/mol. The number of amides is 2. The number of phenols is 1. The third-order valence-electron chi connectivity index (χ3n) is 5.38. The van der Waals surface area contributed by atoms with E-state index >= 15 is 0 Å². The van der Waals surface area contributed by atoms with Crippen LogP contribution in [0.4, 0.5) is 10.6 Å². The van der Waals surface area contributed by atoms with E-state index in [2.05, 4.69) is 34.1 Å². The van der Waals surface area contributed by atoms with Crippen LogP contribution in [0.25, 0.3) is 0 Å². The van der Waals surface area contributed by atoms with E-state index < -0.39 is 5.78 Å². The summed E-state index contributed by atoms with van der Waals surface area (Å²) in [5.74, 6) is 0.714. The maximum absolute atomic E-state index is 13.3. The van der Waals surface area contributed by atoms with E-state index in [1.807, 2.05) is 0 Å². The monoisotopic (exact) mass is 497 g/mol. The predicted molar refractivity (Wildman–Crippen MR) is 131 cm³/mol. The zero-order valence-corrected chi connectivity index (χ0v) is 20.4. The van der Waals surface area contributed by atoms with E-state index in [-0.39, 0.29) is 17.3 Å². The van der Waals surface area contributed by atoms with E-state index in [1.54, 1.807) is 35.5 Å². The summed E-state index contributed by atoms with van der Waals surface area (Å²) < 4.78 is 0. The highest BCUT2D eigenvalue weighted by atomic mass is 35.5. The lowest BCUT2D eigenvalue weighted by molar-refractivity contribution is 0.103. The van der Waals surface area contributed by atoms with Crippen LogP contribution in [-0.4, -0.2) is 43.3 Å². The summed E-state index contributed by atoms with van der Waals surface area (Å²) in [5, 5.41) is 14.5. The first-order valence-electron chi connectivity index (χ1n) is 10.8. The second kappa shape index (κ2) is 10.4. The van der Waals surface area contributed by atoms with Gasteiger partial charge in [0.1, 0.15) is 11.6 Å². The Balaban J connectivity index is 1.57. The number of phenolic OH excluding ortho intramolecular Hbond substituents is 1. The third kappa shape index (κ3) is 5.48. The fourth-order valence-electron chi connectivity index (χ4n) is 3.52. The molecule has 0 aliphatic carbocycles. The molecule has 10 heteroatoms. The van der Waals surface area contributed by atoms with Crippen LogP contribution >= 0.6 is 23.4 Å². The summed E-state index contributed by atoms with van der Waals surface area (Å²) in [7, 11) is 0.